The Hall–Kier alpha value is -1.36. The Bertz CT molecular complexity index is 379. The predicted octanol–water partition coefficient (Wildman–Crippen LogP) is 0.254. The molecule has 5 unspecified atom stereocenters. The molecule has 1 saturated carbocycles. The molecule has 0 radical (unpaired) electrons. The zero-order valence-electron chi connectivity index (χ0n) is 10.4. The minimum absolute atomic E-state index is 0.00137. The van der Waals surface area contributed by atoms with Gasteiger partial charge in [-0.3, -0.25) is 9.59 Å². The molecule has 0 heterocycles. The van der Waals surface area contributed by atoms with Crippen LogP contribution in [-0.2, 0) is 9.59 Å². The Labute approximate surface area is 106 Å². The number of hydrogen-bond acceptors (Lipinski definition) is 3. The predicted molar refractivity (Wildman–Crippen MR) is 64.6 cm³/mol. The zero-order valence-corrected chi connectivity index (χ0v) is 10.4. The van der Waals surface area contributed by atoms with Crippen LogP contribution >= 0.6 is 0 Å². The Morgan fingerprint density at radius 2 is 1.94 bits per heavy atom. The van der Waals surface area contributed by atoms with E-state index in [4.69, 9.17) is 5.11 Å². The van der Waals surface area contributed by atoms with E-state index in [1.165, 1.54) is 0 Å². The number of aliphatic hydroxyl groups excluding tert-OH is 1. The number of carbonyl (C=O) groups excluding carboxylic acids is 1. The Morgan fingerprint density at radius 3 is 2.50 bits per heavy atom. The second-order valence-electron chi connectivity index (χ2n) is 5.37. The van der Waals surface area contributed by atoms with Crippen molar-refractivity contribution in [2.24, 2.45) is 29.6 Å². The minimum Gasteiger partial charge on any atom is -0.481 e. The molecule has 5 atom stereocenters. The van der Waals surface area contributed by atoms with E-state index in [0.29, 0.717) is 6.54 Å². The molecule has 100 valence electrons. The van der Waals surface area contributed by atoms with Gasteiger partial charge in [-0.25, -0.2) is 0 Å². The van der Waals surface area contributed by atoms with Crippen LogP contribution in [0.25, 0.3) is 0 Å². The first-order chi connectivity index (χ1) is 8.54. The summed E-state index contributed by atoms with van der Waals surface area (Å²) in [6.45, 7) is 2.23. The molecule has 0 spiro atoms. The van der Waals surface area contributed by atoms with Crippen LogP contribution in [0, 0.1) is 29.6 Å². The highest BCUT2D eigenvalue weighted by atomic mass is 16.4. The van der Waals surface area contributed by atoms with E-state index in [9.17, 15) is 14.7 Å². The number of rotatable bonds is 5. The Balaban J connectivity index is 2.01. The molecular weight excluding hydrogens is 234 g/mol. The number of carboxylic acid groups (broad SMARTS) is 1. The molecule has 3 N–H and O–H groups in total. The van der Waals surface area contributed by atoms with Crippen molar-refractivity contribution >= 4 is 11.9 Å². The SMILES string of the molecule is CC(CO)CNC(=O)C1C2C=CC(C2)C1C(=O)O. The summed E-state index contributed by atoms with van der Waals surface area (Å²) >= 11 is 0. The maximum absolute atomic E-state index is 12.1. The van der Waals surface area contributed by atoms with E-state index in [0.717, 1.165) is 6.42 Å². The maximum Gasteiger partial charge on any atom is 0.307 e. The first-order valence-electron chi connectivity index (χ1n) is 6.34. The highest BCUT2D eigenvalue weighted by molar-refractivity contribution is 5.86. The number of hydrogen-bond donors (Lipinski definition) is 3. The minimum atomic E-state index is -0.887. The molecule has 0 aliphatic heterocycles. The summed E-state index contributed by atoms with van der Waals surface area (Å²) < 4.78 is 0. The third-order valence-corrected chi connectivity index (χ3v) is 3.98. The van der Waals surface area contributed by atoms with Gasteiger partial charge in [0.2, 0.25) is 5.91 Å². The van der Waals surface area contributed by atoms with Crippen LogP contribution in [0.3, 0.4) is 0 Å². The van der Waals surface area contributed by atoms with E-state index in [1.807, 2.05) is 19.1 Å². The lowest BCUT2D eigenvalue weighted by atomic mass is 9.82. The van der Waals surface area contributed by atoms with Crippen molar-refractivity contribution in [2.45, 2.75) is 13.3 Å². The average molecular weight is 253 g/mol. The lowest BCUT2D eigenvalue weighted by Gasteiger charge is -2.24. The molecule has 0 saturated heterocycles. The lowest BCUT2D eigenvalue weighted by Crippen LogP contribution is -2.41. The van der Waals surface area contributed by atoms with Gasteiger partial charge in [0.05, 0.1) is 11.8 Å². The van der Waals surface area contributed by atoms with Crippen molar-refractivity contribution < 1.29 is 19.8 Å². The molecule has 1 fully saturated rings. The maximum atomic E-state index is 12.1. The molecule has 2 aliphatic carbocycles. The second-order valence-corrected chi connectivity index (χ2v) is 5.37. The molecule has 2 bridgehead atoms. The topological polar surface area (TPSA) is 86.6 Å². The van der Waals surface area contributed by atoms with Gasteiger partial charge in [0, 0.05) is 13.2 Å². The van der Waals surface area contributed by atoms with Crippen LogP contribution in [0.15, 0.2) is 12.2 Å². The second kappa shape index (κ2) is 5.10. The summed E-state index contributed by atoms with van der Waals surface area (Å²) in [7, 11) is 0. The van der Waals surface area contributed by atoms with E-state index in [2.05, 4.69) is 5.32 Å². The van der Waals surface area contributed by atoms with Crippen molar-refractivity contribution in [3.05, 3.63) is 12.2 Å². The van der Waals surface area contributed by atoms with Crippen molar-refractivity contribution in [2.75, 3.05) is 13.2 Å². The van der Waals surface area contributed by atoms with Crippen LogP contribution in [0.4, 0.5) is 0 Å². The lowest BCUT2D eigenvalue weighted by molar-refractivity contribution is -0.147. The number of amides is 1. The standard InChI is InChI=1S/C13H19NO4/c1-7(6-15)5-14-12(16)10-8-2-3-9(4-8)11(10)13(17)18/h2-3,7-11,15H,4-6H2,1H3,(H,14,16)(H,17,18). The third-order valence-electron chi connectivity index (χ3n) is 3.98. The van der Waals surface area contributed by atoms with E-state index >= 15 is 0 Å². The Morgan fingerprint density at radius 1 is 1.33 bits per heavy atom. The average Bonchev–Trinajstić information content (AvgIpc) is 2.95. The van der Waals surface area contributed by atoms with Crippen molar-refractivity contribution in [3.63, 3.8) is 0 Å². The molecule has 5 heteroatoms. The Kier molecular flexibility index (Phi) is 3.71. The van der Waals surface area contributed by atoms with E-state index < -0.39 is 17.8 Å². The van der Waals surface area contributed by atoms with Gasteiger partial charge in [-0.15, -0.1) is 0 Å². The van der Waals surface area contributed by atoms with E-state index in [-0.39, 0.29) is 30.3 Å². The number of carboxylic acids is 1. The van der Waals surface area contributed by atoms with Gasteiger partial charge in [-0.1, -0.05) is 19.1 Å². The van der Waals surface area contributed by atoms with Crippen LogP contribution in [0.2, 0.25) is 0 Å². The number of aliphatic carboxylic acids is 1. The van der Waals surface area contributed by atoms with Gasteiger partial charge in [0.25, 0.3) is 0 Å². The summed E-state index contributed by atoms with van der Waals surface area (Å²) in [4.78, 5) is 23.3. The molecule has 0 aromatic rings. The van der Waals surface area contributed by atoms with Gasteiger partial charge in [0.15, 0.2) is 0 Å². The highest BCUT2D eigenvalue weighted by Crippen LogP contribution is 2.48. The van der Waals surface area contributed by atoms with Gasteiger partial charge >= 0.3 is 5.97 Å². The van der Waals surface area contributed by atoms with Gasteiger partial charge < -0.3 is 15.5 Å². The normalized spacial score (nSPS) is 34.6. The van der Waals surface area contributed by atoms with Crippen LogP contribution < -0.4 is 5.32 Å². The van der Waals surface area contributed by atoms with Gasteiger partial charge in [-0.2, -0.15) is 0 Å². The highest BCUT2D eigenvalue weighted by Gasteiger charge is 2.51. The van der Waals surface area contributed by atoms with E-state index in [1.54, 1.807) is 0 Å². The summed E-state index contributed by atoms with van der Waals surface area (Å²) in [5.41, 5.74) is 0. The fraction of sp³-hybridized carbons (Fsp3) is 0.692. The quantitative estimate of drug-likeness (QED) is 0.613. The summed E-state index contributed by atoms with van der Waals surface area (Å²) in [6, 6.07) is 0. The number of fused-ring (bicyclic) bond motifs is 2. The molecule has 0 aromatic heterocycles. The van der Waals surface area contributed by atoms with Crippen LogP contribution in [0.1, 0.15) is 13.3 Å². The third kappa shape index (κ3) is 2.27. The number of allylic oxidation sites excluding steroid dienone is 2. The summed E-state index contributed by atoms with van der Waals surface area (Å²) in [6.07, 6.45) is 4.65. The van der Waals surface area contributed by atoms with Crippen LogP contribution in [-0.4, -0.2) is 35.2 Å². The smallest absolute Gasteiger partial charge is 0.307 e. The van der Waals surface area contributed by atoms with Gasteiger partial charge in [-0.05, 0) is 24.2 Å². The number of aliphatic hydroxyl groups is 1. The fourth-order valence-electron chi connectivity index (χ4n) is 2.97. The van der Waals surface area contributed by atoms with Crippen LogP contribution in [0.5, 0.6) is 0 Å². The molecule has 2 aliphatic rings. The first-order valence-corrected chi connectivity index (χ1v) is 6.34. The number of nitrogens with one attached hydrogen (secondary N) is 1. The monoisotopic (exact) mass is 253 g/mol. The molecule has 1 amide bonds. The largest absolute Gasteiger partial charge is 0.481 e. The molecule has 2 rings (SSSR count). The summed E-state index contributed by atoms with van der Waals surface area (Å²) in [5, 5.41) is 20.9. The zero-order chi connectivity index (χ0) is 13.3. The van der Waals surface area contributed by atoms with Gasteiger partial charge in [0.1, 0.15) is 0 Å². The molecule has 18 heavy (non-hydrogen) atoms. The van der Waals surface area contributed by atoms with Crippen molar-refractivity contribution in [1.82, 2.24) is 5.32 Å². The summed E-state index contributed by atoms with van der Waals surface area (Å²) in [5.74, 6) is -2.08. The molecular formula is C13H19NO4. The van der Waals surface area contributed by atoms with Crippen molar-refractivity contribution in [1.29, 1.82) is 0 Å². The fourth-order valence-corrected chi connectivity index (χ4v) is 2.97. The van der Waals surface area contributed by atoms with Crippen molar-refractivity contribution in [3.8, 4) is 0 Å². The molecule has 0 aromatic carbocycles. The first kappa shape index (κ1) is 13.1. The number of carbonyl (C=O) groups is 2. The molecule has 5 nitrogen and oxygen atoms in total.